The molecule has 2 aromatic carbocycles. The van der Waals surface area contributed by atoms with Crippen molar-refractivity contribution >= 4 is 50.1 Å². The molecule has 3 unspecified atom stereocenters. The molecule has 16 nitrogen and oxygen atoms in total. The lowest BCUT2D eigenvalue weighted by atomic mass is 10.2. The van der Waals surface area contributed by atoms with Crippen molar-refractivity contribution in [1.82, 2.24) is 24.6 Å². The van der Waals surface area contributed by atoms with Gasteiger partial charge in [0.2, 0.25) is 5.28 Å². The van der Waals surface area contributed by atoms with Crippen LogP contribution >= 0.6 is 27.2 Å². The van der Waals surface area contributed by atoms with Crippen molar-refractivity contribution in [3.05, 3.63) is 77.8 Å². The molecule has 5 N–H and O–H groups in total. The second-order valence-corrected chi connectivity index (χ2v) is 13.4. The second-order valence-electron chi connectivity index (χ2n) is 9.83. The summed E-state index contributed by atoms with van der Waals surface area (Å²) < 4.78 is 54.8. The summed E-state index contributed by atoms with van der Waals surface area (Å²) in [6.45, 7) is 0.593. The molecule has 0 aliphatic carbocycles. The maximum Gasteiger partial charge on any atom is 0.481 e. The topological polar surface area (TPSA) is 219 Å². The number of fused-ring (bicyclic) bond motifs is 1. The Kier molecular flexibility index (Phi) is 10.2. The number of anilines is 1. The number of phosphoric ester groups is 1. The Labute approximate surface area is 261 Å². The number of nitrogens with one attached hydrogen (secondary N) is 1. The molecule has 0 spiro atoms. The molecule has 1 aliphatic heterocycles. The van der Waals surface area contributed by atoms with Crippen LogP contribution < -0.4 is 15.3 Å². The standard InChI is InChI=1S/C26H29ClN6O10P2/c1-16(25(35)39-13-17-8-4-2-5-9-17)32-44(36,42-18-10-6-3-7-11-18)43-45(37,38)40-14-20-19(34)12-21(41-20)33-15-29-22-23(28)30-26(27)31-24(22)33/h2-11,15-16,19-21,34H,12-14H2,1H3,(H,32,36)(H,37,38)(H2,28,30,31)/t16-,19+,20?,21+,44?/m0/s1. The van der Waals surface area contributed by atoms with Gasteiger partial charge < -0.3 is 29.7 Å². The van der Waals surface area contributed by atoms with E-state index in [-0.39, 0.29) is 41.0 Å². The summed E-state index contributed by atoms with van der Waals surface area (Å²) in [6, 6.07) is 15.2. The molecule has 19 heteroatoms. The molecule has 0 bridgehead atoms. The summed E-state index contributed by atoms with van der Waals surface area (Å²) >= 11 is 5.92. The number of aromatic nitrogens is 4. The predicted molar refractivity (Wildman–Crippen MR) is 160 cm³/mol. The van der Waals surface area contributed by atoms with Gasteiger partial charge in [-0.05, 0) is 36.2 Å². The van der Waals surface area contributed by atoms with Gasteiger partial charge in [0.25, 0.3) is 0 Å². The van der Waals surface area contributed by atoms with Crippen LogP contribution in [0.4, 0.5) is 5.82 Å². The fraction of sp³-hybridized carbons (Fsp3) is 0.308. The Hall–Kier alpha value is -3.43. The Morgan fingerprint density at radius 2 is 1.87 bits per heavy atom. The van der Waals surface area contributed by atoms with Crippen molar-refractivity contribution in [3.8, 4) is 5.75 Å². The molecular formula is C26H29ClN6O10P2. The molecule has 240 valence electrons. The van der Waals surface area contributed by atoms with Crippen LogP contribution in [0.15, 0.2) is 67.0 Å². The highest BCUT2D eigenvalue weighted by Gasteiger charge is 2.43. The lowest BCUT2D eigenvalue weighted by Crippen LogP contribution is -2.35. The Bertz CT molecular complexity index is 1730. The molecule has 3 heterocycles. The molecule has 5 rings (SSSR count). The van der Waals surface area contributed by atoms with Crippen molar-refractivity contribution in [2.75, 3.05) is 12.3 Å². The average molecular weight is 683 g/mol. The van der Waals surface area contributed by atoms with E-state index in [1.54, 1.807) is 48.5 Å². The zero-order valence-corrected chi connectivity index (χ0v) is 26.1. The van der Waals surface area contributed by atoms with Crippen LogP contribution in [-0.4, -0.2) is 60.3 Å². The van der Waals surface area contributed by atoms with Crippen molar-refractivity contribution < 1.29 is 46.8 Å². The third-order valence-electron chi connectivity index (χ3n) is 6.45. The highest BCUT2D eigenvalue weighted by molar-refractivity contribution is 7.63. The molecule has 2 aromatic heterocycles. The first-order valence-electron chi connectivity index (χ1n) is 13.4. The van der Waals surface area contributed by atoms with Crippen LogP contribution in [0.2, 0.25) is 5.28 Å². The van der Waals surface area contributed by atoms with Gasteiger partial charge in [0.15, 0.2) is 11.5 Å². The summed E-state index contributed by atoms with van der Waals surface area (Å²) in [4.78, 5) is 35.3. The van der Waals surface area contributed by atoms with Gasteiger partial charge in [0, 0.05) is 6.42 Å². The number of hydrogen-bond donors (Lipinski definition) is 4. The molecular weight excluding hydrogens is 654 g/mol. The molecule has 45 heavy (non-hydrogen) atoms. The minimum absolute atomic E-state index is 0.00712. The SMILES string of the molecule is C[C@H](NP(=O)(Oc1ccccc1)OP(=O)(O)OCC1O[C@@H](n2cnc3c(N)nc(Cl)nc32)C[C@H]1O)C(=O)OCc1ccccc1. The Morgan fingerprint density at radius 1 is 1.18 bits per heavy atom. The molecule has 1 aliphatic rings. The Balaban J connectivity index is 1.24. The fourth-order valence-corrected chi connectivity index (χ4v) is 7.45. The molecule has 1 fully saturated rings. The van der Waals surface area contributed by atoms with E-state index in [1.807, 2.05) is 0 Å². The summed E-state index contributed by atoms with van der Waals surface area (Å²) in [5, 5.41) is 12.8. The first kappa shape index (κ1) is 32.9. The summed E-state index contributed by atoms with van der Waals surface area (Å²) in [5.74, 6) is -0.773. The van der Waals surface area contributed by atoms with Crippen molar-refractivity contribution in [2.24, 2.45) is 0 Å². The number of nitrogen functional groups attached to an aromatic ring is 1. The van der Waals surface area contributed by atoms with Gasteiger partial charge in [-0.2, -0.15) is 19.4 Å². The van der Waals surface area contributed by atoms with Gasteiger partial charge in [0.05, 0.1) is 19.0 Å². The van der Waals surface area contributed by atoms with Gasteiger partial charge in [-0.1, -0.05) is 48.5 Å². The van der Waals surface area contributed by atoms with E-state index in [4.69, 9.17) is 40.2 Å². The number of rotatable bonds is 13. The zero-order valence-electron chi connectivity index (χ0n) is 23.6. The molecule has 6 atom stereocenters. The molecule has 4 aromatic rings. The van der Waals surface area contributed by atoms with Crippen LogP contribution in [0.3, 0.4) is 0 Å². The number of nitrogens with two attached hydrogens (primary N) is 1. The van der Waals surface area contributed by atoms with Crippen LogP contribution in [0, 0.1) is 0 Å². The lowest BCUT2D eigenvalue weighted by Gasteiger charge is -2.25. The third-order valence-corrected chi connectivity index (χ3v) is 9.93. The van der Waals surface area contributed by atoms with Crippen molar-refractivity contribution in [2.45, 2.75) is 44.4 Å². The monoisotopic (exact) mass is 682 g/mol. The summed E-state index contributed by atoms with van der Waals surface area (Å²) in [5.41, 5.74) is 7.08. The number of halogens is 1. The van der Waals surface area contributed by atoms with Crippen LogP contribution in [0.25, 0.3) is 11.2 Å². The number of ether oxygens (including phenoxy) is 2. The van der Waals surface area contributed by atoms with E-state index in [0.717, 1.165) is 0 Å². The quantitative estimate of drug-likeness (QED) is 0.0896. The largest absolute Gasteiger partial charge is 0.481 e. The summed E-state index contributed by atoms with van der Waals surface area (Å²) in [7, 11) is -9.96. The number of aliphatic hydroxyl groups excluding tert-OH is 1. The highest BCUT2D eigenvalue weighted by atomic mass is 35.5. The van der Waals surface area contributed by atoms with E-state index >= 15 is 0 Å². The number of carbonyl (C=O) groups is 1. The van der Waals surface area contributed by atoms with Gasteiger partial charge >= 0.3 is 21.5 Å². The van der Waals surface area contributed by atoms with Gasteiger partial charge in [-0.3, -0.25) is 13.9 Å². The molecule has 0 radical (unpaired) electrons. The van der Waals surface area contributed by atoms with E-state index in [9.17, 15) is 23.9 Å². The number of carbonyl (C=O) groups excluding carboxylic acids is 1. The zero-order chi connectivity index (χ0) is 32.2. The molecule has 0 saturated carbocycles. The minimum Gasteiger partial charge on any atom is -0.460 e. The second kappa shape index (κ2) is 13.9. The highest BCUT2D eigenvalue weighted by Crippen LogP contribution is 2.60. The lowest BCUT2D eigenvalue weighted by molar-refractivity contribution is -0.146. The maximum absolute atomic E-state index is 13.7. The third kappa shape index (κ3) is 8.44. The number of esters is 1. The number of hydrogen-bond acceptors (Lipinski definition) is 13. The molecule has 1 saturated heterocycles. The Morgan fingerprint density at radius 3 is 2.58 bits per heavy atom. The van der Waals surface area contributed by atoms with Gasteiger partial charge in [0.1, 0.15) is 36.2 Å². The minimum atomic E-state index is -5.18. The van der Waals surface area contributed by atoms with Crippen LogP contribution in [0.1, 0.15) is 25.1 Å². The van der Waals surface area contributed by atoms with Gasteiger partial charge in [-0.25, -0.2) is 14.1 Å². The smallest absolute Gasteiger partial charge is 0.460 e. The normalized spacial score (nSPS) is 21.6. The van der Waals surface area contributed by atoms with E-state index < -0.39 is 52.6 Å². The number of imidazole rings is 1. The first-order valence-corrected chi connectivity index (χ1v) is 16.8. The number of aliphatic hydroxyl groups is 1. The first-order chi connectivity index (χ1) is 21.4. The van der Waals surface area contributed by atoms with Crippen molar-refractivity contribution in [1.29, 1.82) is 0 Å². The predicted octanol–water partition coefficient (Wildman–Crippen LogP) is 3.75. The van der Waals surface area contributed by atoms with E-state index in [1.165, 1.54) is 30.0 Å². The maximum atomic E-state index is 13.7. The van der Waals surface area contributed by atoms with E-state index in [0.29, 0.717) is 5.56 Å². The number of benzene rings is 2. The fourth-order valence-electron chi connectivity index (χ4n) is 4.31. The van der Waals surface area contributed by atoms with Crippen LogP contribution in [-0.2, 0) is 38.8 Å². The summed E-state index contributed by atoms with van der Waals surface area (Å²) in [6.07, 6.45) is -1.70. The van der Waals surface area contributed by atoms with E-state index in [2.05, 4.69) is 20.0 Å². The molecule has 0 amide bonds. The van der Waals surface area contributed by atoms with Gasteiger partial charge in [-0.15, -0.1) is 0 Å². The van der Waals surface area contributed by atoms with Crippen molar-refractivity contribution in [3.63, 3.8) is 0 Å². The number of para-hydroxylation sites is 1. The average Bonchev–Trinajstić information content (AvgIpc) is 3.58. The number of phosphoric acid groups is 1. The number of nitrogens with zero attached hydrogens (tertiary/aromatic N) is 4. The van der Waals surface area contributed by atoms with Crippen LogP contribution in [0.5, 0.6) is 5.75 Å².